The number of aromatic nitrogens is 2. The van der Waals surface area contributed by atoms with Crippen molar-refractivity contribution in [1.29, 1.82) is 0 Å². The van der Waals surface area contributed by atoms with Gasteiger partial charge in [-0.25, -0.2) is 0 Å². The summed E-state index contributed by atoms with van der Waals surface area (Å²) in [6.07, 6.45) is 4.15. The van der Waals surface area contributed by atoms with Crippen LogP contribution < -0.4 is 10.6 Å². The minimum atomic E-state index is -0.0771. The summed E-state index contributed by atoms with van der Waals surface area (Å²) in [5.74, 6) is -0.0287. The fraction of sp³-hybridized carbons (Fsp3) is 0.261. The van der Waals surface area contributed by atoms with Gasteiger partial charge in [-0.2, -0.15) is 0 Å². The van der Waals surface area contributed by atoms with Crippen molar-refractivity contribution in [3.8, 4) is 0 Å². The smallest absolute Gasteiger partial charge is 0.226 e. The van der Waals surface area contributed by atoms with Gasteiger partial charge in [0.05, 0.1) is 17.8 Å². The molecule has 6 nitrogen and oxygen atoms in total. The van der Waals surface area contributed by atoms with E-state index < -0.39 is 0 Å². The Morgan fingerprint density at radius 2 is 1.97 bits per heavy atom. The number of rotatable bonds is 6. The summed E-state index contributed by atoms with van der Waals surface area (Å²) in [6, 6.07) is 17.7. The third-order valence-corrected chi connectivity index (χ3v) is 5.84. The number of nitrogens with zero attached hydrogens (tertiary/aromatic N) is 3. The second-order valence-corrected chi connectivity index (χ2v) is 7.86. The van der Waals surface area contributed by atoms with Gasteiger partial charge in [-0.15, -0.1) is 0 Å². The fourth-order valence-electron chi connectivity index (χ4n) is 3.90. The molecule has 1 amide bonds. The molecule has 7 heteroatoms. The van der Waals surface area contributed by atoms with E-state index in [9.17, 15) is 4.79 Å². The van der Waals surface area contributed by atoms with Crippen molar-refractivity contribution in [2.45, 2.75) is 25.4 Å². The van der Waals surface area contributed by atoms with Gasteiger partial charge in [0.1, 0.15) is 0 Å². The summed E-state index contributed by atoms with van der Waals surface area (Å²) in [5.41, 5.74) is 3.94. The molecule has 1 fully saturated rings. The van der Waals surface area contributed by atoms with E-state index in [1.54, 1.807) is 6.20 Å². The van der Waals surface area contributed by atoms with E-state index in [4.69, 9.17) is 12.2 Å². The van der Waals surface area contributed by atoms with Crippen LogP contribution in [0.2, 0.25) is 0 Å². The maximum Gasteiger partial charge on any atom is 0.226 e. The van der Waals surface area contributed by atoms with Crippen LogP contribution >= 0.6 is 12.2 Å². The maximum absolute atomic E-state index is 12.6. The average Bonchev–Trinajstić information content (AvgIpc) is 3.31. The van der Waals surface area contributed by atoms with Crippen molar-refractivity contribution in [1.82, 2.24) is 19.8 Å². The molecule has 0 radical (unpaired) electrons. The van der Waals surface area contributed by atoms with E-state index in [0.29, 0.717) is 18.1 Å². The molecule has 0 spiro atoms. The lowest BCUT2D eigenvalue weighted by Gasteiger charge is -2.28. The maximum atomic E-state index is 12.6. The quantitative estimate of drug-likeness (QED) is 0.596. The molecule has 1 aromatic carbocycles. The topological polar surface area (TPSA) is 62.2 Å². The molecule has 3 heterocycles. The predicted octanol–water partition coefficient (Wildman–Crippen LogP) is 3.73. The Kier molecular flexibility index (Phi) is 5.81. The van der Waals surface area contributed by atoms with Crippen LogP contribution in [0.15, 0.2) is 67.0 Å². The van der Waals surface area contributed by atoms with Gasteiger partial charge >= 0.3 is 0 Å². The summed E-state index contributed by atoms with van der Waals surface area (Å²) in [5, 5.41) is 7.06. The number of nitrogens with one attached hydrogen (secondary N) is 2. The van der Waals surface area contributed by atoms with Crippen LogP contribution in [-0.2, 0) is 11.8 Å². The third-order valence-electron chi connectivity index (χ3n) is 5.48. The number of pyridine rings is 1. The highest BCUT2D eigenvalue weighted by molar-refractivity contribution is 7.80. The first-order valence-electron chi connectivity index (χ1n) is 9.99. The average molecular weight is 420 g/mol. The molecule has 0 saturated carbocycles. The van der Waals surface area contributed by atoms with Crippen molar-refractivity contribution in [3.05, 3.63) is 83.9 Å². The highest BCUT2D eigenvalue weighted by Gasteiger charge is 2.40. The first kappa shape index (κ1) is 20.1. The molecule has 1 aliphatic heterocycles. The number of para-hydroxylation sites is 1. The first-order chi connectivity index (χ1) is 14.5. The third kappa shape index (κ3) is 4.07. The first-order valence-corrected chi connectivity index (χ1v) is 10.4. The Morgan fingerprint density at radius 3 is 2.67 bits per heavy atom. The molecule has 1 saturated heterocycles. The molecule has 2 atom stereocenters. The normalized spacial score (nSPS) is 18.3. The minimum Gasteiger partial charge on any atom is -0.353 e. The summed E-state index contributed by atoms with van der Waals surface area (Å²) < 4.78 is 2.09. The van der Waals surface area contributed by atoms with Crippen LogP contribution in [0, 0.1) is 6.92 Å². The van der Waals surface area contributed by atoms with E-state index in [2.05, 4.69) is 31.2 Å². The highest BCUT2D eigenvalue weighted by Crippen LogP contribution is 2.38. The lowest BCUT2D eigenvalue weighted by molar-refractivity contribution is -0.116. The summed E-state index contributed by atoms with van der Waals surface area (Å²) in [7, 11) is 2.02. The standard InChI is InChI=1S/C23H25N5OS/c1-16-8-3-4-9-17(16)25-20(29)12-15-28-22(19-11-7-14-27(19)2)21(26-23(28)30)18-10-5-6-13-24-18/h3-11,13-14,21-22H,12,15H2,1-2H3,(H,25,29)(H,26,30)/t21-,22+/m0/s1. The number of anilines is 1. The van der Waals surface area contributed by atoms with Gasteiger partial charge in [-0.3, -0.25) is 9.78 Å². The Balaban J connectivity index is 1.53. The van der Waals surface area contributed by atoms with Crippen molar-refractivity contribution < 1.29 is 4.79 Å². The van der Waals surface area contributed by atoms with Crippen LogP contribution in [0.3, 0.4) is 0 Å². The SMILES string of the molecule is Cc1ccccc1NC(=O)CCN1C(=S)N[C@@H](c2ccccn2)[C@H]1c1cccn1C. The molecule has 0 unspecified atom stereocenters. The van der Waals surface area contributed by atoms with Crippen molar-refractivity contribution >= 4 is 28.9 Å². The molecular formula is C23H25N5OS. The van der Waals surface area contributed by atoms with E-state index in [1.165, 1.54) is 0 Å². The fourth-order valence-corrected chi connectivity index (χ4v) is 4.23. The molecule has 0 bridgehead atoms. The molecule has 2 N–H and O–H groups in total. The Bertz CT molecular complexity index is 1050. The number of carbonyl (C=O) groups is 1. The van der Waals surface area contributed by atoms with Crippen molar-refractivity contribution in [2.24, 2.45) is 7.05 Å². The zero-order chi connectivity index (χ0) is 21.1. The Hall–Kier alpha value is -3.19. The van der Waals surface area contributed by atoms with E-state index in [0.717, 1.165) is 22.6 Å². The van der Waals surface area contributed by atoms with Gasteiger partial charge in [0.25, 0.3) is 0 Å². The molecule has 154 valence electrons. The number of thiocarbonyl (C=S) groups is 1. The highest BCUT2D eigenvalue weighted by atomic mass is 32.1. The molecular weight excluding hydrogens is 394 g/mol. The van der Waals surface area contributed by atoms with Gasteiger partial charge in [-0.1, -0.05) is 24.3 Å². The molecule has 3 aromatic rings. The molecule has 2 aromatic heterocycles. The monoisotopic (exact) mass is 419 g/mol. The van der Waals surface area contributed by atoms with Crippen LogP contribution in [-0.4, -0.2) is 32.0 Å². The van der Waals surface area contributed by atoms with Crippen LogP contribution in [0.1, 0.15) is 35.5 Å². The number of hydrogen-bond donors (Lipinski definition) is 2. The van der Waals surface area contributed by atoms with E-state index in [-0.39, 0.29) is 18.0 Å². The lowest BCUT2D eigenvalue weighted by atomic mass is 10.0. The van der Waals surface area contributed by atoms with Gasteiger partial charge in [-0.05, 0) is 55.0 Å². The lowest BCUT2D eigenvalue weighted by Crippen LogP contribution is -2.33. The zero-order valence-electron chi connectivity index (χ0n) is 17.1. The van der Waals surface area contributed by atoms with E-state index in [1.807, 2.05) is 68.7 Å². The molecule has 0 aliphatic carbocycles. The summed E-state index contributed by atoms with van der Waals surface area (Å²) in [6.45, 7) is 2.50. The van der Waals surface area contributed by atoms with Crippen LogP contribution in [0.25, 0.3) is 0 Å². The van der Waals surface area contributed by atoms with Crippen molar-refractivity contribution in [2.75, 3.05) is 11.9 Å². The van der Waals surface area contributed by atoms with Gasteiger partial charge in [0, 0.05) is 43.8 Å². The van der Waals surface area contributed by atoms with E-state index >= 15 is 0 Å². The Morgan fingerprint density at radius 1 is 1.17 bits per heavy atom. The second kappa shape index (κ2) is 8.67. The number of aryl methyl sites for hydroxylation is 2. The number of carbonyl (C=O) groups excluding carboxylic acids is 1. The molecule has 4 rings (SSSR count). The van der Waals surface area contributed by atoms with Gasteiger partial charge in [0.2, 0.25) is 5.91 Å². The van der Waals surface area contributed by atoms with Crippen LogP contribution in [0.5, 0.6) is 0 Å². The van der Waals surface area contributed by atoms with Gasteiger partial charge < -0.3 is 20.1 Å². The summed E-state index contributed by atoms with van der Waals surface area (Å²) >= 11 is 5.66. The summed E-state index contributed by atoms with van der Waals surface area (Å²) in [4.78, 5) is 19.3. The minimum absolute atomic E-state index is 0.0287. The number of benzene rings is 1. The predicted molar refractivity (Wildman–Crippen MR) is 122 cm³/mol. The second-order valence-electron chi connectivity index (χ2n) is 7.48. The van der Waals surface area contributed by atoms with Crippen molar-refractivity contribution in [3.63, 3.8) is 0 Å². The van der Waals surface area contributed by atoms with Crippen LogP contribution in [0.4, 0.5) is 5.69 Å². The number of hydrogen-bond acceptors (Lipinski definition) is 3. The molecule has 1 aliphatic rings. The van der Waals surface area contributed by atoms with Gasteiger partial charge in [0.15, 0.2) is 5.11 Å². The largest absolute Gasteiger partial charge is 0.353 e. The number of amides is 1. The molecule has 30 heavy (non-hydrogen) atoms. The zero-order valence-corrected chi connectivity index (χ0v) is 17.9. The Labute approximate surface area is 181 Å².